The highest BCUT2D eigenvalue weighted by Gasteiger charge is 2.12. The largest absolute Gasteiger partial charge is 0.497 e. The highest BCUT2D eigenvalue weighted by molar-refractivity contribution is 9.10. The van der Waals surface area contributed by atoms with Crippen LogP contribution in [0, 0.1) is 6.92 Å². The van der Waals surface area contributed by atoms with E-state index in [0.29, 0.717) is 6.61 Å². The Morgan fingerprint density at radius 2 is 2.05 bits per heavy atom. The summed E-state index contributed by atoms with van der Waals surface area (Å²) in [6.45, 7) is 5.34. The number of ether oxygens (including phenoxy) is 2. The van der Waals surface area contributed by atoms with Crippen molar-refractivity contribution in [2.24, 2.45) is 0 Å². The van der Waals surface area contributed by atoms with Crippen LogP contribution in [-0.2, 0) is 13.2 Å². The van der Waals surface area contributed by atoms with E-state index >= 15 is 0 Å². The van der Waals surface area contributed by atoms with Gasteiger partial charge in [-0.1, -0.05) is 6.07 Å². The summed E-state index contributed by atoms with van der Waals surface area (Å²) < 4.78 is 13.9. The lowest BCUT2D eigenvalue weighted by Gasteiger charge is -2.09. The normalized spacial score (nSPS) is 10.5. The van der Waals surface area contributed by atoms with Crippen molar-refractivity contribution in [3.8, 4) is 11.5 Å². The van der Waals surface area contributed by atoms with Crippen LogP contribution in [0.2, 0.25) is 0 Å². The molecule has 0 bridgehead atoms. The van der Waals surface area contributed by atoms with Crippen LogP contribution >= 0.6 is 15.9 Å². The van der Waals surface area contributed by atoms with Crippen molar-refractivity contribution < 1.29 is 9.47 Å². The second kappa shape index (κ2) is 6.10. The summed E-state index contributed by atoms with van der Waals surface area (Å²) in [4.78, 5) is 0. The fraction of sp³-hybridized carbons (Fsp3) is 0.357. The smallest absolute Gasteiger partial charge is 0.131 e. The Morgan fingerprint density at radius 1 is 1.32 bits per heavy atom. The van der Waals surface area contributed by atoms with Gasteiger partial charge in [-0.25, -0.2) is 0 Å². The molecule has 2 rings (SSSR count). The lowest BCUT2D eigenvalue weighted by molar-refractivity contribution is 0.289. The van der Waals surface area contributed by atoms with Gasteiger partial charge in [0, 0.05) is 12.6 Å². The van der Waals surface area contributed by atoms with Crippen molar-refractivity contribution in [1.29, 1.82) is 0 Å². The zero-order chi connectivity index (χ0) is 13.8. The molecule has 102 valence electrons. The number of methoxy groups -OCH3 is 1. The van der Waals surface area contributed by atoms with E-state index < -0.39 is 0 Å². The molecule has 1 aromatic heterocycles. The van der Waals surface area contributed by atoms with Gasteiger partial charge in [0.2, 0.25) is 0 Å². The topological polar surface area (TPSA) is 36.3 Å². The fourth-order valence-corrected chi connectivity index (χ4v) is 2.25. The molecule has 0 saturated heterocycles. The van der Waals surface area contributed by atoms with Crippen molar-refractivity contribution in [1.82, 2.24) is 9.78 Å². The lowest BCUT2D eigenvalue weighted by Crippen LogP contribution is -2.06. The molecule has 19 heavy (non-hydrogen) atoms. The van der Waals surface area contributed by atoms with E-state index in [0.717, 1.165) is 33.9 Å². The first kappa shape index (κ1) is 13.9. The Kier molecular flexibility index (Phi) is 4.47. The summed E-state index contributed by atoms with van der Waals surface area (Å²) in [7, 11) is 1.64. The molecule has 0 aliphatic heterocycles. The van der Waals surface area contributed by atoms with Crippen molar-refractivity contribution in [3.63, 3.8) is 0 Å². The van der Waals surface area contributed by atoms with Crippen LogP contribution in [-0.4, -0.2) is 16.9 Å². The van der Waals surface area contributed by atoms with Gasteiger partial charge in [0.15, 0.2) is 0 Å². The summed E-state index contributed by atoms with van der Waals surface area (Å²) in [5, 5.41) is 4.44. The molecule has 0 spiro atoms. The van der Waals surface area contributed by atoms with Crippen molar-refractivity contribution >= 4 is 15.9 Å². The third kappa shape index (κ3) is 3.10. The number of aryl methyl sites for hydroxylation is 2. The fourth-order valence-electron chi connectivity index (χ4n) is 1.85. The molecule has 0 saturated carbocycles. The summed E-state index contributed by atoms with van der Waals surface area (Å²) in [6.07, 6.45) is 0. The monoisotopic (exact) mass is 324 g/mol. The van der Waals surface area contributed by atoms with Crippen LogP contribution in [0.15, 0.2) is 28.7 Å². The van der Waals surface area contributed by atoms with Crippen LogP contribution < -0.4 is 9.47 Å². The van der Waals surface area contributed by atoms with Gasteiger partial charge in [-0.15, -0.1) is 0 Å². The van der Waals surface area contributed by atoms with Gasteiger partial charge in [0.05, 0.1) is 23.0 Å². The van der Waals surface area contributed by atoms with Gasteiger partial charge in [-0.2, -0.15) is 5.10 Å². The molecular formula is C14H17BrN2O2. The minimum absolute atomic E-state index is 0.475. The molecule has 5 heteroatoms. The van der Waals surface area contributed by atoms with E-state index in [1.54, 1.807) is 7.11 Å². The molecule has 4 nitrogen and oxygen atoms in total. The van der Waals surface area contributed by atoms with E-state index in [1.165, 1.54) is 0 Å². The Morgan fingerprint density at radius 3 is 2.74 bits per heavy atom. The van der Waals surface area contributed by atoms with Gasteiger partial charge in [-0.05, 0) is 41.9 Å². The van der Waals surface area contributed by atoms with Crippen LogP contribution in [0.1, 0.15) is 18.3 Å². The maximum Gasteiger partial charge on any atom is 0.131 e. The molecule has 1 aromatic carbocycles. The Hall–Kier alpha value is -1.49. The number of nitrogens with zero attached hydrogens (tertiary/aromatic N) is 2. The molecule has 0 aliphatic carbocycles. The van der Waals surface area contributed by atoms with Crippen LogP contribution in [0.4, 0.5) is 0 Å². The van der Waals surface area contributed by atoms with Crippen LogP contribution in [0.25, 0.3) is 0 Å². The molecule has 0 fully saturated rings. The van der Waals surface area contributed by atoms with E-state index in [-0.39, 0.29) is 0 Å². The first-order chi connectivity index (χ1) is 9.15. The molecule has 0 radical (unpaired) electrons. The van der Waals surface area contributed by atoms with Crippen molar-refractivity contribution in [3.05, 3.63) is 40.1 Å². The summed E-state index contributed by atoms with van der Waals surface area (Å²) in [5.41, 5.74) is 2.02. The number of benzene rings is 1. The second-order valence-electron chi connectivity index (χ2n) is 4.13. The summed E-state index contributed by atoms with van der Waals surface area (Å²) >= 11 is 3.56. The van der Waals surface area contributed by atoms with Crippen LogP contribution in [0.3, 0.4) is 0 Å². The molecule has 0 amide bonds. The van der Waals surface area contributed by atoms with Gasteiger partial charge in [0.25, 0.3) is 0 Å². The average molecular weight is 325 g/mol. The van der Waals surface area contributed by atoms with Crippen LogP contribution in [0.5, 0.6) is 11.5 Å². The maximum atomic E-state index is 5.80. The Labute approximate surface area is 121 Å². The molecule has 0 atom stereocenters. The third-order valence-electron chi connectivity index (χ3n) is 2.87. The Bertz CT molecular complexity index is 567. The molecule has 0 unspecified atom stereocenters. The summed E-state index contributed by atoms with van der Waals surface area (Å²) in [6, 6.07) is 7.58. The third-order valence-corrected chi connectivity index (χ3v) is 3.90. The predicted octanol–water partition coefficient (Wildman–Crippen LogP) is 3.56. The highest BCUT2D eigenvalue weighted by Crippen LogP contribution is 2.24. The highest BCUT2D eigenvalue weighted by atomic mass is 79.9. The number of rotatable bonds is 5. The quantitative estimate of drug-likeness (QED) is 0.843. The number of hydrogen-bond donors (Lipinski definition) is 0. The van der Waals surface area contributed by atoms with E-state index in [4.69, 9.17) is 9.47 Å². The van der Waals surface area contributed by atoms with E-state index in [2.05, 4.69) is 28.0 Å². The minimum Gasteiger partial charge on any atom is -0.497 e. The van der Waals surface area contributed by atoms with Gasteiger partial charge < -0.3 is 9.47 Å². The SMILES string of the molecule is CCn1nc(C)c(Br)c1COc1cccc(OC)c1. The maximum absolute atomic E-state index is 5.80. The predicted molar refractivity (Wildman–Crippen MR) is 77.7 cm³/mol. The van der Waals surface area contributed by atoms with Gasteiger partial charge in [-0.3, -0.25) is 4.68 Å². The molecule has 1 heterocycles. The first-order valence-corrected chi connectivity index (χ1v) is 6.93. The van der Waals surface area contributed by atoms with E-state index in [9.17, 15) is 0 Å². The standard InChI is InChI=1S/C14H17BrN2O2/c1-4-17-13(14(15)10(2)16-17)9-19-12-7-5-6-11(8-12)18-3/h5-8H,4,9H2,1-3H3. The number of hydrogen-bond acceptors (Lipinski definition) is 3. The lowest BCUT2D eigenvalue weighted by atomic mass is 10.3. The molecule has 0 N–H and O–H groups in total. The zero-order valence-electron chi connectivity index (χ0n) is 11.3. The van der Waals surface area contributed by atoms with Gasteiger partial charge >= 0.3 is 0 Å². The average Bonchev–Trinajstić information content (AvgIpc) is 2.72. The van der Waals surface area contributed by atoms with Crippen molar-refractivity contribution in [2.75, 3.05) is 7.11 Å². The van der Waals surface area contributed by atoms with E-state index in [1.807, 2.05) is 35.9 Å². The van der Waals surface area contributed by atoms with Crippen molar-refractivity contribution in [2.45, 2.75) is 27.0 Å². The number of halogens is 1. The molecule has 2 aromatic rings. The summed E-state index contributed by atoms with van der Waals surface area (Å²) in [5.74, 6) is 1.57. The second-order valence-corrected chi connectivity index (χ2v) is 4.92. The zero-order valence-corrected chi connectivity index (χ0v) is 12.9. The minimum atomic E-state index is 0.475. The molecule has 0 aliphatic rings. The Balaban J connectivity index is 2.14. The first-order valence-electron chi connectivity index (χ1n) is 6.14. The number of aromatic nitrogens is 2. The molecular weight excluding hydrogens is 308 g/mol. The van der Waals surface area contributed by atoms with Gasteiger partial charge in [0.1, 0.15) is 18.1 Å².